The lowest BCUT2D eigenvalue weighted by Gasteiger charge is -2.17. The van der Waals surface area contributed by atoms with Gasteiger partial charge in [0.05, 0.1) is 6.21 Å². The molecule has 21 heavy (non-hydrogen) atoms. The molecule has 1 fully saturated rings. The maximum absolute atomic E-state index is 12.1. The van der Waals surface area contributed by atoms with Gasteiger partial charge in [-0.1, -0.05) is 43.3 Å². The number of nitrogens with one attached hydrogen (secondary N) is 1. The zero-order valence-electron chi connectivity index (χ0n) is 12.5. The number of carbonyl (C=O) groups excluding carboxylic acids is 2. The minimum absolute atomic E-state index is 0.321. The monoisotopic (exact) mass is 285 g/mol. The number of amides is 3. The van der Waals surface area contributed by atoms with Crippen LogP contribution in [0.25, 0.3) is 6.08 Å². The molecule has 110 valence electrons. The molecule has 5 nitrogen and oxygen atoms in total. The van der Waals surface area contributed by atoms with Crippen LogP contribution in [0.5, 0.6) is 0 Å². The molecule has 1 heterocycles. The third-order valence-corrected chi connectivity index (χ3v) is 3.52. The third-order valence-electron chi connectivity index (χ3n) is 3.52. The summed E-state index contributed by atoms with van der Waals surface area (Å²) in [5, 5.41) is 7.56. The Morgan fingerprint density at radius 3 is 2.57 bits per heavy atom. The molecule has 1 atom stereocenters. The van der Waals surface area contributed by atoms with E-state index in [0.717, 1.165) is 16.1 Å². The molecule has 0 bridgehead atoms. The molecule has 1 unspecified atom stereocenters. The molecule has 1 saturated heterocycles. The lowest BCUT2D eigenvalue weighted by atomic mass is 10.00. The van der Waals surface area contributed by atoms with Crippen molar-refractivity contribution in [1.29, 1.82) is 0 Å². The Hall–Kier alpha value is -2.43. The minimum Gasteiger partial charge on any atom is -0.322 e. The first-order valence-electron chi connectivity index (χ1n) is 6.90. The van der Waals surface area contributed by atoms with E-state index in [4.69, 9.17) is 0 Å². The maximum atomic E-state index is 12.1. The van der Waals surface area contributed by atoms with Gasteiger partial charge in [-0.15, -0.1) is 5.01 Å². The number of carbonyl (C=O) groups is 2. The highest BCUT2D eigenvalue weighted by atomic mass is 16.2. The van der Waals surface area contributed by atoms with Crippen molar-refractivity contribution in [2.24, 2.45) is 5.10 Å². The van der Waals surface area contributed by atoms with Gasteiger partial charge in [0.1, 0.15) is 5.54 Å². The molecule has 0 spiro atoms. The quantitative estimate of drug-likeness (QED) is 0.683. The van der Waals surface area contributed by atoms with Gasteiger partial charge in [-0.05, 0) is 31.4 Å². The first kappa shape index (κ1) is 15.0. The summed E-state index contributed by atoms with van der Waals surface area (Å²) >= 11 is 0. The summed E-state index contributed by atoms with van der Waals surface area (Å²) < 4.78 is 0. The molecular formula is C16H19N3O2. The third kappa shape index (κ3) is 3.18. The molecule has 5 heteroatoms. The van der Waals surface area contributed by atoms with Gasteiger partial charge in [0.25, 0.3) is 5.91 Å². The topological polar surface area (TPSA) is 61.8 Å². The van der Waals surface area contributed by atoms with Crippen LogP contribution in [0.15, 0.2) is 41.0 Å². The fraction of sp³-hybridized carbons (Fsp3) is 0.312. The molecule has 0 aliphatic carbocycles. The van der Waals surface area contributed by atoms with E-state index in [-0.39, 0.29) is 5.91 Å². The van der Waals surface area contributed by atoms with Crippen LogP contribution < -0.4 is 5.32 Å². The maximum Gasteiger partial charge on any atom is 0.346 e. The first-order chi connectivity index (χ1) is 9.96. The molecule has 0 saturated carbocycles. The Labute approximate surface area is 124 Å². The molecule has 1 N–H and O–H groups in total. The van der Waals surface area contributed by atoms with Crippen molar-refractivity contribution in [1.82, 2.24) is 10.3 Å². The van der Waals surface area contributed by atoms with Crippen LogP contribution in [0.1, 0.15) is 32.8 Å². The van der Waals surface area contributed by atoms with E-state index in [1.165, 1.54) is 6.21 Å². The van der Waals surface area contributed by atoms with Crippen LogP contribution in [0.2, 0.25) is 0 Å². The number of benzene rings is 1. The van der Waals surface area contributed by atoms with Gasteiger partial charge in [0.2, 0.25) is 0 Å². The number of imide groups is 1. The Kier molecular flexibility index (Phi) is 4.21. The molecular weight excluding hydrogens is 266 g/mol. The predicted octanol–water partition coefficient (Wildman–Crippen LogP) is 2.80. The number of hydrazone groups is 1. The van der Waals surface area contributed by atoms with Crippen LogP contribution in [0.3, 0.4) is 0 Å². The van der Waals surface area contributed by atoms with Crippen molar-refractivity contribution in [3.05, 3.63) is 41.5 Å². The molecule has 1 aromatic carbocycles. The summed E-state index contributed by atoms with van der Waals surface area (Å²) in [4.78, 5) is 23.9. The van der Waals surface area contributed by atoms with E-state index in [0.29, 0.717) is 6.42 Å². The first-order valence-corrected chi connectivity index (χ1v) is 6.90. The van der Waals surface area contributed by atoms with E-state index in [1.54, 1.807) is 6.92 Å². The molecule has 1 aromatic rings. The van der Waals surface area contributed by atoms with Crippen molar-refractivity contribution in [2.75, 3.05) is 0 Å². The SMILES string of the molecule is CCC1(C)NC(=O)N(/N=C/C(C)=C/c2ccccc2)C1=O. The number of nitrogens with zero attached hydrogens (tertiary/aromatic N) is 2. The normalized spacial score (nSPS) is 23.0. The Morgan fingerprint density at radius 2 is 2.00 bits per heavy atom. The van der Waals surface area contributed by atoms with Crippen LogP contribution >= 0.6 is 0 Å². The second kappa shape index (κ2) is 5.91. The van der Waals surface area contributed by atoms with Gasteiger partial charge in [0, 0.05) is 0 Å². The molecule has 1 aliphatic heterocycles. The van der Waals surface area contributed by atoms with E-state index in [1.807, 2.05) is 50.3 Å². The highest BCUT2D eigenvalue weighted by Gasteiger charge is 2.46. The largest absolute Gasteiger partial charge is 0.346 e. The lowest BCUT2D eigenvalue weighted by molar-refractivity contribution is -0.130. The lowest BCUT2D eigenvalue weighted by Crippen LogP contribution is -2.42. The Bertz CT molecular complexity index is 607. The molecule has 2 rings (SSSR count). The number of rotatable bonds is 4. The standard InChI is InChI=1S/C16H19N3O2/c1-4-16(3)14(20)19(15(21)18-16)17-11-12(2)10-13-8-6-5-7-9-13/h5-11H,4H2,1-3H3,(H,18,21)/b12-10+,17-11+. The second-order valence-electron chi connectivity index (χ2n) is 5.28. The van der Waals surface area contributed by atoms with Gasteiger partial charge in [-0.25, -0.2) is 4.79 Å². The van der Waals surface area contributed by atoms with E-state index in [9.17, 15) is 9.59 Å². The summed E-state index contributed by atoms with van der Waals surface area (Å²) in [5.74, 6) is -0.321. The van der Waals surface area contributed by atoms with Crippen LogP contribution in [-0.2, 0) is 4.79 Å². The fourth-order valence-electron chi connectivity index (χ4n) is 2.01. The summed E-state index contributed by atoms with van der Waals surface area (Å²) in [6.07, 6.45) is 3.98. The predicted molar refractivity (Wildman–Crippen MR) is 82.7 cm³/mol. The molecule has 3 amide bonds. The highest BCUT2D eigenvalue weighted by Crippen LogP contribution is 2.20. The zero-order chi connectivity index (χ0) is 15.5. The van der Waals surface area contributed by atoms with Gasteiger partial charge < -0.3 is 5.32 Å². The van der Waals surface area contributed by atoms with E-state index < -0.39 is 11.6 Å². The fourth-order valence-corrected chi connectivity index (χ4v) is 2.01. The second-order valence-corrected chi connectivity index (χ2v) is 5.28. The summed E-state index contributed by atoms with van der Waals surface area (Å²) in [6, 6.07) is 9.30. The van der Waals surface area contributed by atoms with E-state index >= 15 is 0 Å². The zero-order valence-corrected chi connectivity index (χ0v) is 12.5. The van der Waals surface area contributed by atoms with E-state index in [2.05, 4.69) is 10.4 Å². The Morgan fingerprint density at radius 1 is 1.33 bits per heavy atom. The smallest absolute Gasteiger partial charge is 0.322 e. The van der Waals surface area contributed by atoms with Gasteiger partial charge >= 0.3 is 6.03 Å². The van der Waals surface area contributed by atoms with Crippen LogP contribution in [0, 0.1) is 0 Å². The van der Waals surface area contributed by atoms with Crippen LogP contribution in [0.4, 0.5) is 4.79 Å². The van der Waals surface area contributed by atoms with Gasteiger partial charge in [-0.3, -0.25) is 4.79 Å². The molecule has 1 aliphatic rings. The number of hydrogen-bond acceptors (Lipinski definition) is 3. The number of allylic oxidation sites excluding steroid dienone is 1. The summed E-state index contributed by atoms with van der Waals surface area (Å²) in [5.41, 5.74) is 1.04. The summed E-state index contributed by atoms with van der Waals surface area (Å²) in [7, 11) is 0. The number of urea groups is 1. The molecule has 0 aromatic heterocycles. The molecule has 0 radical (unpaired) electrons. The van der Waals surface area contributed by atoms with Gasteiger partial charge in [0.15, 0.2) is 0 Å². The number of hydrogen-bond donors (Lipinski definition) is 1. The summed E-state index contributed by atoms with van der Waals surface area (Å²) in [6.45, 7) is 5.43. The van der Waals surface area contributed by atoms with Crippen molar-refractivity contribution in [3.8, 4) is 0 Å². The Balaban J connectivity index is 2.13. The van der Waals surface area contributed by atoms with Gasteiger partial charge in [-0.2, -0.15) is 5.10 Å². The van der Waals surface area contributed by atoms with Crippen molar-refractivity contribution in [2.45, 2.75) is 32.7 Å². The average Bonchev–Trinajstić information content (AvgIpc) is 2.69. The average molecular weight is 285 g/mol. The minimum atomic E-state index is -0.856. The highest BCUT2D eigenvalue weighted by molar-refractivity contribution is 6.07. The van der Waals surface area contributed by atoms with Crippen molar-refractivity contribution in [3.63, 3.8) is 0 Å². The van der Waals surface area contributed by atoms with Crippen molar-refractivity contribution >= 4 is 24.2 Å². The van der Waals surface area contributed by atoms with Crippen LogP contribution in [-0.4, -0.2) is 28.7 Å². The van der Waals surface area contributed by atoms with Crippen molar-refractivity contribution < 1.29 is 9.59 Å².